The summed E-state index contributed by atoms with van der Waals surface area (Å²) < 4.78 is 18.7. The lowest BCUT2D eigenvalue weighted by molar-refractivity contribution is 0.0552. The highest BCUT2D eigenvalue weighted by Gasteiger charge is 2.31. The van der Waals surface area contributed by atoms with Gasteiger partial charge < -0.3 is 15.1 Å². The third kappa shape index (κ3) is 3.29. The number of nitrogens with two attached hydrogens (primary N) is 1. The molecule has 2 unspecified atom stereocenters. The first-order chi connectivity index (χ1) is 11.1. The van der Waals surface area contributed by atoms with Crippen molar-refractivity contribution < 1.29 is 13.6 Å². The van der Waals surface area contributed by atoms with E-state index in [2.05, 4.69) is 0 Å². The van der Waals surface area contributed by atoms with E-state index in [1.54, 1.807) is 24.3 Å². The smallest absolute Gasteiger partial charge is 0.289 e. The average molecular weight is 316 g/mol. The summed E-state index contributed by atoms with van der Waals surface area (Å²) in [6.45, 7) is 2.64. The predicted molar refractivity (Wildman–Crippen MR) is 86.4 cm³/mol. The van der Waals surface area contributed by atoms with E-state index in [9.17, 15) is 9.18 Å². The van der Waals surface area contributed by atoms with Crippen LogP contribution in [0.25, 0.3) is 11.3 Å². The Kier molecular flexibility index (Phi) is 4.48. The lowest BCUT2D eigenvalue weighted by Gasteiger charge is -2.37. The Labute approximate surface area is 135 Å². The molecule has 5 heteroatoms. The first-order valence-electron chi connectivity index (χ1n) is 7.98. The topological polar surface area (TPSA) is 59.5 Å². The van der Waals surface area contributed by atoms with Gasteiger partial charge in [0.05, 0.1) is 0 Å². The number of furan rings is 1. The fraction of sp³-hybridized carbons (Fsp3) is 0.389. The Morgan fingerprint density at radius 3 is 2.70 bits per heavy atom. The Morgan fingerprint density at radius 2 is 2.00 bits per heavy atom. The molecule has 3 rings (SSSR count). The number of hydrogen-bond acceptors (Lipinski definition) is 3. The van der Waals surface area contributed by atoms with Crippen LogP contribution in [0.4, 0.5) is 4.39 Å². The third-order valence-corrected chi connectivity index (χ3v) is 4.36. The molecule has 0 saturated carbocycles. The van der Waals surface area contributed by atoms with Crippen LogP contribution in [-0.4, -0.2) is 29.4 Å². The molecule has 1 amide bonds. The highest BCUT2D eigenvalue weighted by molar-refractivity contribution is 5.92. The lowest BCUT2D eigenvalue weighted by Crippen LogP contribution is -2.51. The Hall–Kier alpha value is -2.14. The molecule has 1 aromatic heterocycles. The Morgan fingerprint density at radius 1 is 1.26 bits per heavy atom. The van der Waals surface area contributed by atoms with Crippen molar-refractivity contribution in [2.45, 2.75) is 38.3 Å². The standard InChI is InChI=1S/C18H21FN2O2/c1-12(20)15-4-2-3-11-21(15)18(22)17-10-9-16(23-17)13-5-7-14(19)8-6-13/h5-10,12,15H,2-4,11,20H2,1H3. The van der Waals surface area contributed by atoms with Crippen LogP contribution >= 0.6 is 0 Å². The van der Waals surface area contributed by atoms with Crippen molar-refractivity contribution >= 4 is 5.91 Å². The summed E-state index contributed by atoms with van der Waals surface area (Å²) >= 11 is 0. The van der Waals surface area contributed by atoms with Gasteiger partial charge in [-0.3, -0.25) is 4.79 Å². The number of amides is 1. The maximum Gasteiger partial charge on any atom is 0.289 e. The first-order valence-corrected chi connectivity index (χ1v) is 7.98. The van der Waals surface area contributed by atoms with Gasteiger partial charge in [-0.1, -0.05) is 0 Å². The largest absolute Gasteiger partial charge is 0.451 e. The zero-order valence-electron chi connectivity index (χ0n) is 13.2. The summed E-state index contributed by atoms with van der Waals surface area (Å²) in [4.78, 5) is 14.6. The molecule has 0 radical (unpaired) electrons. The fourth-order valence-electron chi connectivity index (χ4n) is 3.12. The summed E-state index contributed by atoms with van der Waals surface area (Å²) in [7, 11) is 0. The Bertz CT molecular complexity index is 679. The number of nitrogens with zero attached hydrogens (tertiary/aromatic N) is 1. The second-order valence-corrected chi connectivity index (χ2v) is 6.09. The van der Waals surface area contributed by atoms with Crippen molar-refractivity contribution in [3.63, 3.8) is 0 Å². The number of hydrogen-bond donors (Lipinski definition) is 1. The van der Waals surface area contributed by atoms with Gasteiger partial charge in [0, 0.05) is 24.2 Å². The number of halogens is 1. The van der Waals surface area contributed by atoms with Gasteiger partial charge in [-0.25, -0.2) is 4.39 Å². The van der Waals surface area contributed by atoms with E-state index in [0.29, 0.717) is 18.1 Å². The van der Waals surface area contributed by atoms with E-state index in [-0.39, 0.29) is 23.8 Å². The van der Waals surface area contributed by atoms with E-state index in [0.717, 1.165) is 24.8 Å². The summed E-state index contributed by atoms with van der Waals surface area (Å²) in [6.07, 6.45) is 3.00. The van der Waals surface area contributed by atoms with Gasteiger partial charge in [0.2, 0.25) is 0 Å². The van der Waals surface area contributed by atoms with E-state index in [4.69, 9.17) is 10.2 Å². The van der Waals surface area contributed by atoms with E-state index in [1.165, 1.54) is 12.1 Å². The molecular formula is C18H21FN2O2. The number of benzene rings is 1. The third-order valence-electron chi connectivity index (χ3n) is 4.36. The highest BCUT2D eigenvalue weighted by Crippen LogP contribution is 2.26. The van der Waals surface area contributed by atoms with Crippen LogP contribution in [0, 0.1) is 5.82 Å². The molecule has 2 aromatic rings. The van der Waals surface area contributed by atoms with Crippen LogP contribution < -0.4 is 5.73 Å². The summed E-state index contributed by atoms with van der Waals surface area (Å²) in [5, 5.41) is 0. The first kappa shape index (κ1) is 15.7. The minimum atomic E-state index is -0.301. The number of carbonyl (C=O) groups excluding carboxylic acids is 1. The maximum absolute atomic E-state index is 13.0. The van der Waals surface area contributed by atoms with Crippen molar-refractivity contribution in [2.75, 3.05) is 6.54 Å². The normalized spacial score (nSPS) is 19.6. The number of rotatable bonds is 3. The molecule has 122 valence electrons. The molecule has 1 aromatic carbocycles. The second kappa shape index (κ2) is 6.54. The fourth-order valence-corrected chi connectivity index (χ4v) is 3.12. The summed E-state index contributed by atoms with van der Waals surface area (Å²) in [6, 6.07) is 9.41. The van der Waals surface area contributed by atoms with Gasteiger partial charge in [-0.2, -0.15) is 0 Å². The molecule has 1 fully saturated rings. The highest BCUT2D eigenvalue weighted by atomic mass is 19.1. The van der Waals surface area contributed by atoms with Crippen LogP contribution in [0.3, 0.4) is 0 Å². The van der Waals surface area contributed by atoms with Gasteiger partial charge in [0.25, 0.3) is 5.91 Å². The quantitative estimate of drug-likeness (QED) is 0.944. The molecule has 0 spiro atoms. The molecule has 1 saturated heterocycles. The van der Waals surface area contributed by atoms with Crippen LogP contribution in [0.15, 0.2) is 40.8 Å². The van der Waals surface area contributed by atoms with E-state index in [1.807, 2.05) is 11.8 Å². The van der Waals surface area contributed by atoms with Gasteiger partial charge in [-0.05, 0) is 62.6 Å². The molecular weight excluding hydrogens is 295 g/mol. The van der Waals surface area contributed by atoms with Crippen molar-refractivity contribution in [1.82, 2.24) is 4.90 Å². The van der Waals surface area contributed by atoms with Crippen molar-refractivity contribution in [3.05, 3.63) is 48.0 Å². The predicted octanol–water partition coefficient (Wildman–Crippen LogP) is 3.43. The van der Waals surface area contributed by atoms with Crippen LogP contribution in [0.5, 0.6) is 0 Å². The molecule has 0 aliphatic carbocycles. The minimum absolute atomic E-state index is 0.0515. The zero-order valence-corrected chi connectivity index (χ0v) is 13.2. The van der Waals surface area contributed by atoms with E-state index >= 15 is 0 Å². The molecule has 4 nitrogen and oxygen atoms in total. The van der Waals surface area contributed by atoms with Crippen molar-refractivity contribution in [2.24, 2.45) is 5.73 Å². The van der Waals surface area contributed by atoms with Gasteiger partial charge >= 0.3 is 0 Å². The van der Waals surface area contributed by atoms with Gasteiger partial charge in [0.1, 0.15) is 11.6 Å². The number of piperidine rings is 1. The Balaban J connectivity index is 1.81. The maximum atomic E-state index is 13.0. The molecule has 0 bridgehead atoms. The van der Waals surface area contributed by atoms with E-state index < -0.39 is 0 Å². The summed E-state index contributed by atoms with van der Waals surface area (Å²) in [5.41, 5.74) is 6.77. The summed E-state index contributed by atoms with van der Waals surface area (Å²) in [5.74, 6) is 0.435. The van der Waals surface area contributed by atoms with Gasteiger partial charge in [0.15, 0.2) is 5.76 Å². The minimum Gasteiger partial charge on any atom is -0.451 e. The molecule has 23 heavy (non-hydrogen) atoms. The molecule has 2 heterocycles. The van der Waals surface area contributed by atoms with Crippen LogP contribution in [0.2, 0.25) is 0 Å². The number of likely N-dealkylation sites (tertiary alicyclic amines) is 1. The monoisotopic (exact) mass is 316 g/mol. The van der Waals surface area contributed by atoms with Crippen molar-refractivity contribution in [3.8, 4) is 11.3 Å². The SMILES string of the molecule is CC(N)C1CCCCN1C(=O)c1ccc(-c2ccc(F)cc2)o1. The molecule has 2 N–H and O–H groups in total. The number of carbonyl (C=O) groups is 1. The average Bonchev–Trinajstić information content (AvgIpc) is 3.04. The van der Waals surface area contributed by atoms with Crippen LogP contribution in [-0.2, 0) is 0 Å². The molecule has 2 atom stereocenters. The zero-order chi connectivity index (χ0) is 16.4. The van der Waals surface area contributed by atoms with Crippen LogP contribution in [0.1, 0.15) is 36.7 Å². The lowest BCUT2D eigenvalue weighted by atomic mass is 9.96. The van der Waals surface area contributed by atoms with Gasteiger partial charge in [-0.15, -0.1) is 0 Å². The molecule has 1 aliphatic rings. The van der Waals surface area contributed by atoms with Crippen molar-refractivity contribution in [1.29, 1.82) is 0 Å². The second-order valence-electron chi connectivity index (χ2n) is 6.09. The molecule has 1 aliphatic heterocycles.